The van der Waals surface area contributed by atoms with Crippen molar-refractivity contribution in [1.29, 1.82) is 5.26 Å². The summed E-state index contributed by atoms with van der Waals surface area (Å²) in [5, 5.41) is 12.5. The Morgan fingerprint density at radius 3 is 2.55 bits per heavy atom. The maximum atomic E-state index is 8.96. The highest BCUT2D eigenvalue weighted by atomic mass is 15.1. The Kier molecular flexibility index (Phi) is 4.72. The van der Waals surface area contributed by atoms with Crippen molar-refractivity contribution in [3.8, 4) is 6.07 Å². The molecule has 1 aliphatic heterocycles. The number of hydrogen-bond donors (Lipinski definition) is 1. The summed E-state index contributed by atoms with van der Waals surface area (Å²) in [7, 11) is 0. The molecule has 112 valence electrons. The molecule has 1 aliphatic rings. The number of hydrogen-bond acceptors (Lipinski definition) is 3. The number of nitriles is 1. The summed E-state index contributed by atoms with van der Waals surface area (Å²) in [6.45, 7) is 3.27. The lowest BCUT2D eigenvalue weighted by Crippen LogP contribution is -2.38. The van der Waals surface area contributed by atoms with E-state index in [0.717, 1.165) is 38.2 Å². The van der Waals surface area contributed by atoms with E-state index in [-0.39, 0.29) is 0 Å². The Hall–Kier alpha value is -2.31. The highest BCUT2D eigenvalue weighted by molar-refractivity contribution is 5.49. The largest absolute Gasteiger partial charge is 0.382 e. The van der Waals surface area contributed by atoms with Crippen LogP contribution in [0.2, 0.25) is 0 Å². The minimum Gasteiger partial charge on any atom is -0.382 e. The molecule has 22 heavy (non-hydrogen) atoms. The van der Waals surface area contributed by atoms with Gasteiger partial charge in [-0.1, -0.05) is 36.4 Å². The van der Waals surface area contributed by atoms with E-state index in [9.17, 15) is 0 Å². The Balaban J connectivity index is 1.50. The van der Waals surface area contributed by atoms with Crippen LogP contribution in [-0.4, -0.2) is 24.0 Å². The van der Waals surface area contributed by atoms with E-state index in [4.69, 9.17) is 5.26 Å². The van der Waals surface area contributed by atoms with Crippen LogP contribution in [0.5, 0.6) is 0 Å². The Labute approximate surface area is 132 Å². The maximum Gasteiger partial charge on any atom is 0.0992 e. The van der Waals surface area contributed by atoms with Gasteiger partial charge in [0.25, 0.3) is 0 Å². The van der Waals surface area contributed by atoms with Crippen LogP contribution in [0.15, 0.2) is 54.6 Å². The monoisotopic (exact) mass is 291 g/mol. The third-order valence-electron chi connectivity index (χ3n) is 4.20. The van der Waals surface area contributed by atoms with E-state index in [1.165, 1.54) is 5.56 Å². The molecule has 0 amide bonds. The average molecular weight is 291 g/mol. The van der Waals surface area contributed by atoms with Gasteiger partial charge >= 0.3 is 0 Å². The lowest BCUT2D eigenvalue weighted by Gasteiger charge is -2.33. The van der Waals surface area contributed by atoms with Crippen molar-refractivity contribution < 1.29 is 0 Å². The van der Waals surface area contributed by atoms with E-state index in [2.05, 4.69) is 46.6 Å². The van der Waals surface area contributed by atoms with Crippen molar-refractivity contribution in [2.45, 2.75) is 25.4 Å². The Morgan fingerprint density at radius 1 is 1.05 bits per heavy atom. The lowest BCUT2D eigenvalue weighted by atomic mass is 10.0. The highest BCUT2D eigenvalue weighted by Gasteiger charge is 2.19. The van der Waals surface area contributed by atoms with Gasteiger partial charge in [-0.25, -0.2) is 0 Å². The van der Waals surface area contributed by atoms with Crippen LogP contribution in [-0.2, 0) is 6.54 Å². The summed E-state index contributed by atoms with van der Waals surface area (Å²) in [4.78, 5) is 2.51. The summed E-state index contributed by atoms with van der Waals surface area (Å²) in [6.07, 6.45) is 2.28. The first-order valence-corrected chi connectivity index (χ1v) is 7.86. The summed E-state index contributed by atoms with van der Waals surface area (Å²) in [5.41, 5.74) is 3.16. The van der Waals surface area contributed by atoms with Gasteiger partial charge in [0.05, 0.1) is 11.6 Å². The molecule has 0 bridgehead atoms. The standard InChI is InChI=1S/C19H21N3/c20-14-17-7-4-8-19(13-17)21-18-9-11-22(12-10-18)15-16-5-2-1-3-6-16/h1-8,13,18,21H,9-12,15H2. The fourth-order valence-corrected chi connectivity index (χ4v) is 2.99. The predicted molar refractivity (Wildman–Crippen MR) is 89.5 cm³/mol. The number of rotatable bonds is 4. The zero-order valence-corrected chi connectivity index (χ0v) is 12.7. The molecule has 1 N–H and O–H groups in total. The molecule has 1 saturated heterocycles. The predicted octanol–water partition coefficient (Wildman–Crippen LogP) is 3.63. The molecule has 0 atom stereocenters. The first-order chi connectivity index (χ1) is 10.8. The molecule has 0 saturated carbocycles. The number of benzene rings is 2. The molecule has 0 radical (unpaired) electrons. The van der Waals surface area contributed by atoms with Gasteiger partial charge in [0.2, 0.25) is 0 Å². The molecule has 2 aromatic carbocycles. The van der Waals surface area contributed by atoms with E-state index >= 15 is 0 Å². The van der Waals surface area contributed by atoms with Crippen molar-refractivity contribution in [2.24, 2.45) is 0 Å². The molecule has 0 unspecified atom stereocenters. The summed E-state index contributed by atoms with van der Waals surface area (Å²) < 4.78 is 0. The number of piperidine rings is 1. The topological polar surface area (TPSA) is 39.1 Å². The second kappa shape index (κ2) is 7.11. The number of likely N-dealkylation sites (tertiary alicyclic amines) is 1. The van der Waals surface area contributed by atoms with Gasteiger partial charge < -0.3 is 5.32 Å². The third kappa shape index (κ3) is 3.87. The van der Waals surface area contributed by atoms with Gasteiger partial charge in [-0.15, -0.1) is 0 Å². The first kappa shape index (κ1) is 14.6. The van der Waals surface area contributed by atoms with Crippen LogP contribution in [0.4, 0.5) is 5.69 Å². The van der Waals surface area contributed by atoms with E-state index in [1.54, 1.807) is 0 Å². The molecule has 1 heterocycles. The quantitative estimate of drug-likeness (QED) is 0.935. The lowest BCUT2D eigenvalue weighted by molar-refractivity contribution is 0.211. The van der Waals surface area contributed by atoms with Crippen LogP contribution in [0.1, 0.15) is 24.0 Å². The minimum atomic E-state index is 0.501. The molecular weight excluding hydrogens is 270 g/mol. The number of anilines is 1. The van der Waals surface area contributed by atoms with Crippen LogP contribution >= 0.6 is 0 Å². The normalized spacial score (nSPS) is 16.1. The SMILES string of the molecule is N#Cc1cccc(NC2CCN(Cc3ccccc3)CC2)c1. The van der Waals surface area contributed by atoms with Crippen molar-refractivity contribution in [1.82, 2.24) is 4.90 Å². The van der Waals surface area contributed by atoms with Crippen LogP contribution in [0.25, 0.3) is 0 Å². The first-order valence-electron chi connectivity index (χ1n) is 7.86. The van der Waals surface area contributed by atoms with Crippen molar-refractivity contribution in [2.75, 3.05) is 18.4 Å². The Bertz CT molecular complexity index is 637. The van der Waals surface area contributed by atoms with Gasteiger partial charge in [0.15, 0.2) is 0 Å². The van der Waals surface area contributed by atoms with Crippen LogP contribution in [0, 0.1) is 11.3 Å². The maximum absolute atomic E-state index is 8.96. The van der Waals surface area contributed by atoms with Crippen LogP contribution in [0.3, 0.4) is 0 Å². The van der Waals surface area contributed by atoms with Gasteiger partial charge in [0, 0.05) is 31.4 Å². The number of nitrogens with zero attached hydrogens (tertiary/aromatic N) is 2. The van der Waals surface area contributed by atoms with E-state index in [0.29, 0.717) is 11.6 Å². The van der Waals surface area contributed by atoms with Crippen LogP contribution < -0.4 is 5.32 Å². The molecule has 0 aliphatic carbocycles. The molecule has 3 nitrogen and oxygen atoms in total. The van der Waals surface area contributed by atoms with Crippen molar-refractivity contribution in [3.05, 3.63) is 65.7 Å². The fraction of sp³-hybridized carbons (Fsp3) is 0.316. The van der Waals surface area contributed by atoms with E-state index < -0.39 is 0 Å². The third-order valence-corrected chi connectivity index (χ3v) is 4.20. The molecule has 3 rings (SSSR count). The summed E-state index contributed by atoms with van der Waals surface area (Å²) in [5.74, 6) is 0. The molecular formula is C19H21N3. The second-order valence-corrected chi connectivity index (χ2v) is 5.87. The highest BCUT2D eigenvalue weighted by Crippen LogP contribution is 2.19. The smallest absolute Gasteiger partial charge is 0.0992 e. The average Bonchev–Trinajstić information content (AvgIpc) is 2.58. The molecule has 3 heteroatoms. The van der Waals surface area contributed by atoms with Gasteiger partial charge in [-0.3, -0.25) is 4.90 Å². The second-order valence-electron chi connectivity index (χ2n) is 5.87. The van der Waals surface area contributed by atoms with Crippen molar-refractivity contribution >= 4 is 5.69 Å². The summed E-state index contributed by atoms with van der Waals surface area (Å²) in [6, 6.07) is 21.1. The van der Waals surface area contributed by atoms with Gasteiger partial charge in [-0.2, -0.15) is 5.26 Å². The zero-order valence-electron chi connectivity index (χ0n) is 12.7. The molecule has 1 fully saturated rings. The van der Waals surface area contributed by atoms with Gasteiger partial charge in [-0.05, 0) is 36.6 Å². The van der Waals surface area contributed by atoms with E-state index in [1.807, 2.05) is 24.3 Å². The molecule has 2 aromatic rings. The fourth-order valence-electron chi connectivity index (χ4n) is 2.99. The van der Waals surface area contributed by atoms with Crippen molar-refractivity contribution in [3.63, 3.8) is 0 Å². The van der Waals surface area contributed by atoms with Gasteiger partial charge in [0.1, 0.15) is 0 Å². The summed E-state index contributed by atoms with van der Waals surface area (Å²) >= 11 is 0. The number of nitrogens with one attached hydrogen (secondary N) is 1. The minimum absolute atomic E-state index is 0.501. The molecule has 0 aromatic heterocycles. The zero-order chi connectivity index (χ0) is 15.2. The molecule has 0 spiro atoms. The Morgan fingerprint density at radius 2 is 1.82 bits per heavy atom.